The van der Waals surface area contributed by atoms with Gasteiger partial charge in [0, 0.05) is 31.6 Å². The monoisotopic (exact) mass is 386 g/mol. The van der Waals surface area contributed by atoms with E-state index < -0.39 is 5.97 Å². The van der Waals surface area contributed by atoms with Crippen molar-refractivity contribution in [3.8, 4) is 0 Å². The van der Waals surface area contributed by atoms with Gasteiger partial charge in [0.25, 0.3) is 0 Å². The molecule has 0 aliphatic rings. The molecule has 1 unspecified atom stereocenters. The molecule has 154 valence electrons. The van der Waals surface area contributed by atoms with Gasteiger partial charge in [0.1, 0.15) is 11.6 Å². The number of rotatable bonds is 13. The minimum absolute atomic E-state index is 0.0451. The molecule has 0 heterocycles. The Morgan fingerprint density at radius 1 is 0.929 bits per heavy atom. The van der Waals surface area contributed by atoms with E-state index in [1.54, 1.807) is 0 Å². The zero-order chi connectivity index (χ0) is 20.9. The van der Waals surface area contributed by atoms with Crippen LogP contribution in [0.15, 0.2) is 36.6 Å². The predicted molar refractivity (Wildman–Crippen MR) is 112 cm³/mol. The van der Waals surface area contributed by atoms with Crippen molar-refractivity contribution < 1.29 is 19.1 Å². The summed E-state index contributed by atoms with van der Waals surface area (Å²) in [7, 11) is 0. The smallest absolute Gasteiger partial charge is 0.311 e. The van der Waals surface area contributed by atoms with Crippen molar-refractivity contribution >= 4 is 17.5 Å². The van der Waals surface area contributed by atoms with E-state index >= 15 is 0 Å². The molecule has 4 nitrogen and oxygen atoms in total. The molecule has 28 heavy (non-hydrogen) atoms. The first-order valence-electron chi connectivity index (χ1n) is 10.3. The second-order valence-corrected chi connectivity index (χ2v) is 7.57. The van der Waals surface area contributed by atoms with Crippen molar-refractivity contribution in [1.82, 2.24) is 0 Å². The number of hydrogen-bond acceptors (Lipinski definition) is 4. The second kappa shape index (κ2) is 13.0. The summed E-state index contributed by atoms with van der Waals surface area (Å²) >= 11 is 0. The van der Waals surface area contributed by atoms with Gasteiger partial charge in [-0.05, 0) is 36.0 Å². The molecule has 0 aromatic heterocycles. The molecule has 0 aliphatic carbocycles. The van der Waals surface area contributed by atoms with Crippen LogP contribution in [-0.2, 0) is 19.1 Å². The number of carbonyl (C=O) groups is 3. The lowest BCUT2D eigenvalue weighted by atomic mass is 9.95. The van der Waals surface area contributed by atoms with Crippen LogP contribution < -0.4 is 0 Å². The Bertz CT molecular complexity index is 673. The summed E-state index contributed by atoms with van der Waals surface area (Å²) in [6, 6.07) is 8.40. The first-order chi connectivity index (χ1) is 13.3. The van der Waals surface area contributed by atoms with Gasteiger partial charge in [0.05, 0.1) is 12.7 Å². The van der Waals surface area contributed by atoms with Crippen molar-refractivity contribution in [3.63, 3.8) is 0 Å². The van der Waals surface area contributed by atoms with Crippen LogP contribution in [-0.4, -0.2) is 17.5 Å². The summed E-state index contributed by atoms with van der Waals surface area (Å²) in [6.07, 6.45) is 6.51. The molecule has 0 saturated carbocycles. The van der Waals surface area contributed by atoms with Gasteiger partial charge in [0.15, 0.2) is 0 Å². The highest BCUT2D eigenvalue weighted by Gasteiger charge is 2.09. The lowest BCUT2D eigenvalue weighted by molar-refractivity contribution is -0.139. The molecule has 0 aliphatic heterocycles. The molecular weight excluding hydrogens is 352 g/mol. The Hall–Kier alpha value is -2.23. The second-order valence-electron chi connectivity index (χ2n) is 7.57. The highest BCUT2D eigenvalue weighted by Crippen LogP contribution is 2.22. The molecule has 0 bridgehead atoms. The van der Waals surface area contributed by atoms with Crippen LogP contribution in [0.1, 0.15) is 95.6 Å². The van der Waals surface area contributed by atoms with Gasteiger partial charge in [-0.1, -0.05) is 52.0 Å². The molecule has 1 aromatic carbocycles. The third-order valence-corrected chi connectivity index (χ3v) is 4.83. The molecule has 1 rings (SSSR count). The molecule has 0 spiro atoms. The van der Waals surface area contributed by atoms with E-state index in [1.807, 2.05) is 19.1 Å². The molecule has 1 atom stereocenters. The minimum atomic E-state index is -0.395. The molecule has 0 radical (unpaired) electrons. The number of carbonyl (C=O) groups excluding carboxylic acids is 3. The summed E-state index contributed by atoms with van der Waals surface area (Å²) in [5, 5.41) is 0. The summed E-state index contributed by atoms with van der Waals surface area (Å²) < 4.78 is 5.12. The van der Waals surface area contributed by atoms with Crippen LogP contribution in [0, 0.1) is 0 Å². The van der Waals surface area contributed by atoms with Crippen LogP contribution >= 0.6 is 0 Å². The number of esters is 1. The van der Waals surface area contributed by atoms with E-state index in [0.29, 0.717) is 31.6 Å². The summed E-state index contributed by atoms with van der Waals surface area (Å²) in [4.78, 5) is 34.8. The zero-order valence-corrected chi connectivity index (χ0v) is 17.7. The van der Waals surface area contributed by atoms with E-state index in [9.17, 15) is 14.4 Å². The zero-order valence-electron chi connectivity index (χ0n) is 17.7. The number of hydrogen-bond donors (Lipinski definition) is 0. The van der Waals surface area contributed by atoms with E-state index in [-0.39, 0.29) is 30.3 Å². The highest BCUT2D eigenvalue weighted by atomic mass is 16.5. The Morgan fingerprint density at radius 3 is 2.21 bits per heavy atom. The molecule has 0 amide bonds. The van der Waals surface area contributed by atoms with E-state index in [2.05, 4.69) is 39.0 Å². The van der Waals surface area contributed by atoms with Crippen LogP contribution in [0.2, 0.25) is 0 Å². The van der Waals surface area contributed by atoms with Gasteiger partial charge in [0.2, 0.25) is 0 Å². The fourth-order valence-corrected chi connectivity index (χ4v) is 2.79. The first-order valence-corrected chi connectivity index (χ1v) is 10.3. The largest absolute Gasteiger partial charge is 0.435 e. The molecule has 0 N–H and O–H groups in total. The number of unbranched alkanes of at least 4 members (excludes halogenated alkanes) is 1. The van der Waals surface area contributed by atoms with E-state index in [4.69, 9.17) is 4.74 Å². The van der Waals surface area contributed by atoms with Gasteiger partial charge in [-0.2, -0.15) is 0 Å². The average molecular weight is 387 g/mol. The van der Waals surface area contributed by atoms with Gasteiger partial charge >= 0.3 is 5.97 Å². The van der Waals surface area contributed by atoms with Crippen LogP contribution in [0.3, 0.4) is 0 Å². The SMILES string of the molecule is CCC(=O)CCCCC(=O)CCC(=O)OC=CC(C)c1cccc(C(C)C)c1. The van der Waals surface area contributed by atoms with Crippen molar-refractivity contribution in [2.24, 2.45) is 0 Å². The Balaban J connectivity index is 2.29. The van der Waals surface area contributed by atoms with Gasteiger partial charge in [-0.3, -0.25) is 14.4 Å². The Labute approximate surface area is 169 Å². The molecule has 1 aromatic rings. The van der Waals surface area contributed by atoms with E-state index in [0.717, 1.165) is 6.42 Å². The maximum Gasteiger partial charge on any atom is 0.311 e. The lowest BCUT2D eigenvalue weighted by Gasteiger charge is -2.11. The standard InChI is InChI=1S/C24H34O4/c1-5-22(25)11-6-7-12-23(26)13-14-24(27)28-16-15-19(4)21-10-8-9-20(17-21)18(2)3/h8-10,15-19H,5-7,11-14H2,1-4H3. The summed E-state index contributed by atoms with van der Waals surface area (Å²) in [5.41, 5.74) is 2.46. The van der Waals surface area contributed by atoms with Gasteiger partial charge < -0.3 is 4.74 Å². The summed E-state index contributed by atoms with van der Waals surface area (Å²) in [5.74, 6) is 0.489. The first kappa shape index (κ1) is 23.8. The third-order valence-electron chi connectivity index (χ3n) is 4.83. The normalized spacial score (nSPS) is 12.3. The fourth-order valence-electron chi connectivity index (χ4n) is 2.79. The van der Waals surface area contributed by atoms with Crippen molar-refractivity contribution in [2.75, 3.05) is 0 Å². The minimum Gasteiger partial charge on any atom is -0.435 e. The number of allylic oxidation sites excluding steroid dienone is 1. The van der Waals surface area contributed by atoms with E-state index in [1.165, 1.54) is 17.4 Å². The molecular formula is C24H34O4. The quantitative estimate of drug-likeness (QED) is 0.242. The molecule has 0 saturated heterocycles. The molecule has 4 heteroatoms. The van der Waals surface area contributed by atoms with Crippen LogP contribution in [0.4, 0.5) is 0 Å². The summed E-state index contributed by atoms with van der Waals surface area (Å²) in [6.45, 7) is 8.22. The van der Waals surface area contributed by atoms with Crippen molar-refractivity contribution in [1.29, 1.82) is 0 Å². The van der Waals surface area contributed by atoms with Gasteiger partial charge in [-0.25, -0.2) is 0 Å². The van der Waals surface area contributed by atoms with Gasteiger partial charge in [-0.15, -0.1) is 0 Å². The Kier molecular flexibility index (Phi) is 11.1. The lowest BCUT2D eigenvalue weighted by Crippen LogP contribution is -2.05. The maximum atomic E-state index is 11.8. The predicted octanol–water partition coefficient (Wildman–Crippen LogP) is 5.86. The number of Topliss-reactive ketones (excluding diaryl/α,β-unsaturated/α-hetero) is 2. The number of ketones is 2. The number of ether oxygens (including phenoxy) is 1. The number of benzene rings is 1. The highest BCUT2D eigenvalue weighted by molar-refractivity contribution is 5.83. The third kappa shape index (κ3) is 9.63. The van der Waals surface area contributed by atoms with Crippen molar-refractivity contribution in [3.05, 3.63) is 47.7 Å². The Morgan fingerprint density at radius 2 is 1.57 bits per heavy atom. The average Bonchev–Trinajstić information content (AvgIpc) is 2.69. The maximum absolute atomic E-state index is 11.8. The topological polar surface area (TPSA) is 60.4 Å². The fraction of sp³-hybridized carbons (Fsp3) is 0.542. The van der Waals surface area contributed by atoms with Crippen molar-refractivity contribution in [2.45, 2.75) is 84.5 Å². The van der Waals surface area contributed by atoms with Crippen LogP contribution in [0.25, 0.3) is 0 Å². The molecule has 0 fully saturated rings. The van der Waals surface area contributed by atoms with Crippen LogP contribution in [0.5, 0.6) is 0 Å².